The van der Waals surface area contributed by atoms with Crippen LogP contribution in [0.4, 0.5) is 5.69 Å². The largest absolute Gasteiger partial charge is 0.326 e. The van der Waals surface area contributed by atoms with Gasteiger partial charge >= 0.3 is 0 Å². The maximum atomic E-state index is 12.1. The predicted molar refractivity (Wildman–Crippen MR) is 81.9 cm³/mol. The number of carbonyl (C=O) groups excluding carboxylic acids is 1. The molecule has 104 valence electrons. The second kappa shape index (κ2) is 6.53. The van der Waals surface area contributed by atoms with Crippen molar-refractivity contribution < 1.29 is 4.79 Å². The summed E-state index contributed by atoms with van der Waals surface area (Å²) in [5.74, 6) is -0.120. The highest BCUT2D eigenvalue weighted by Gasteiger charge is 2.14. The van der Waals surface area contributed by atoms with Crippen LogP contribution in [0.2, 0.25) is 5.02 Å². The first kappa shape index (κ1) is 14.5. The number of hydrogen-bond acceptors (Lipinski definition) is 2. The molecule has 0 saturated carbocycles. The van der Waals surface area contributed by atoms with Crippen LogP contribution in [0.1, 0.15) is 18.1 Å². The Bertz CT molecular complexity index is 599. The highest BCUT2D eigenvalue weighted by molar-refractivity contribution is 6.31. The quantitative estimate of drug-likeness (QED) is 0.928. The molecule has 2 aromatic rings. The molecule has 3 nitrogen and oxygen atoms in total. The van der Waals surface area contributed by atoms with Crippen molar-refractivity contribution in [3.63, 3.8) is 0 Å². The molecule has 0 aliphatic heterocycles. The van der Waals surface area contributed by atoms with Crippen molar-refractivity contribution in [2.24, 2.45) is 5.92 Å². The van der Waals surface area contributed by atoms with Crippen molar-refractivity contribution in [2.75, 3.05) is 5.32 Å². The average molecular weight is 289 g/mol. The van der Waals surface area contributed by atoms with E-state index in [9.17, 15) is 4.79 Å². The number of benzene rings is 1. The summed E-state index contributed by atoms with van der Waals surface area (Å²) in [5.41, 5.74) is 2.78. The van der Waals surface area contributed by atoms with Gasteiger partial charge in [0.2, 0.25) is 5.91 Å². The lowest BCUT2D eigenvalue weighted by Crippen LogP contribution is -2.22. The number of hydrogen-bond donors (Lipinski definition) is 1. The second-order valence-corrected chi connectivity index (χ2v) is 5.33. The van der Waals surface area contributed by atoms with Crippen LogP contribution in [0.3, 0.4) is 0 Å². The van der Waals surface area contributed by atoms with Crippen LogP contribution in [0, 0.1) is 12.8 Å². The van der Waals surface area contributed by atoms with E-state index in [-0.39, 0.29) is 11.8 Å². The van der Waals surface area contributed by atoms with Gasteiger partial charge in [-0.15, -0.1) is 0 Å². The van der Waals surface area contributed by atoms with Crippen LogP contribution >= 0.6 is 11.6 Å². The number of aromatic nitrogens is 1. The van der Waals surface area contributed by atoms with E-state index in [0.29, 0.717) is 11.4 Å². The number of pyridine rings is 1. The lowest BCUT2D eigenvalue weighted by Gasteiger charge is -2.12. The molecule has 2 rings (SSSR count). The second-order valence-electron chi connectivity index (χ2n) is 4.92. The molecule has 0 aliphatic rings. The molecular formula is C16H17ClN2O. The first-order chi connectivity index (χ1) is 9.56. The third-order valence-corrected chi connectivity index (χ3v) is 3.56. The highest BCUT2D eigenvalue weighted by Crippen LogP contribution is 2.20. The summed E-state index contributed by atoms with van der Waals surface area (Å²) in [5, 5.41) is 3.61. The van der Waals surface area contributed by atoms with Gasteiger partial charge in [-0.25, -0.2) is 0 Å². The number of carbonyl (C=O) groups is 1. The first-order valence-corrected chi connectivity index (χ1v) is 6.90. The lowest BCUT2D eigenvalue weighted by molar-refractivity contribution is -0.119. The van der Waals surface area contributed by atoms with Crippen molar-refractivity contribution in [3.8, 4) is 0 Å². The Morgan fingerprint density at radius 2 is 2.20 bits per heavy atom. The number of halogens is 1. The fourth-order valence-corrected chi connectivity index (χ4v) is 2.07. The minimum absolute atomic E-state index is 0.00410. The van der Waals surface area contributed by atoms with Gasteiger partial charge in [-0.3, -0.25) is 9.78 Å². The zero-order valence-electron chi connectivity index (χ0n) is 11.6. The van der Waals surface area contributed by atoms with Crippen LogP contribution in [0.15, 0.2) is 42.7 Å². The Morgan fingerprint density at radius 1 is 1.40 bits per heavy atom. The van der Waals surface area contributed by atoms with Crippen molar-refractivity contribution in [1.82, 2.24) is 4.98 Å². The number of nitrogens with one attached hydrogen (secondary N) is 1. The molecular weight excluding hydrogens is 272 g/mol. The Hall–Kier alpha value is -1.87. The van der Waals surface area contributed by atoms with Gasteiger partial charge in [0.15, 0.2) is 0 Å². The minimum atomic E-state index is -0.116. The fourth-order valence-electron chi connectivity index (χ4n) is 1.95. The topological polar surface area (TPSA) is 42.0 Å². The van der Waals surface area contributed by atoms with Crippen molar-refractivity contribution in [1.29, 1.82) is 0 Å². The lowest BCUT2D eigenvalue weighted by atomic mass is 10.0. The molecule has 1 N–H and O–H groups in total. The summed E-state index contributed by atoms with van der Waals surface area (Å²) in [6.45, 7) is 3.82. The number of aryl methyl sites for hydroxylation is 1. The molecule has 4 heteroatoms. The predicted octanol–water partition coefficient (Wildman–Crippen LogP) is 3.86. The van der Waals surface area contributed by atoms with Gasteiger partial charge in [0.25, 0.3) is 0 Å². The minimum Gasteiger partial charge on any atom is -0.326 e. The maximum Gasteiger partial charge on any atom is 0.227 e. The molecule has 0 bridgehead atoms. The van der Waals surface area contributed by atoms with Crippen molar-refractivity contribution in [3.05, 3.63) is 58.9 Å². The normalized spacial score (nSPS) is 11.9. The summed E-state index contributed by atoms with van der Waals surface area (Å²) in [4.78, 5) is 16.2. The summed E-state index contributed by atoms with van der Waals surface area (Å²) in [7, 11) is 0. The van der Waals surface area contributed by atoms with E-state index in [2.05, 4.69) is 10.3 Å². The number of anilines is 1. The Labute approximate surface area is 124 Å². The van der Waals surface area contributed by atoms with Gasteiger partial charge in [0.1, 0.15) is 0 Å². The first-order valence-electron chi connectivity index (χ1n) is 6.52. The molecule has 0 fully saturated rings. The Kier molecular flexibility index (Phi) is 4.74. The van der Waals surface area contributed by atoms with Crippen LogP contribution < -0.4 is 5.32 Å². The summed E-state index contributed by atoms with van der Waals surface area (Å²) in [6, 6.07) is 9.32. The number of nitrogens with zero attached hydrogens (tertiary/aromatic N) is 1. The Balaban J connectivity index is 1.99. The van der Waals surface area contributed by atoms with Crippen molar-refractivity contribution in [2.45, 2.75) is 20.3 Å². The number of amides is 1. The molecule has 0 saturated heterocycles. The van der Waals surface area contributed by atoms with Crippen LogP contribution in [-0.4, -0.2) is 10.9 Å². The van der Waals surface area contributed by atoms with Crippen LogP contribution in [0.5, 0.6) is 0 Å². The van der Waals surface area contributed by atoms with Crippen molar-refractivity contribution >= 4 is 23.2 Å². The molecule has 0 aliphatic carbocycles. The van der Waals surface area contributed by atoms with E-state index >= 15 is 0 Å². The molecule has 1 unspecified atom stereocenters. The third-order valence-electron chi connectivity index (χ3n) is 3.14. The van der Waals surface area contributed by atoms with Gasteiger partial charge in [0, 0.05) is 29.0 Å². The molecule has 1 amide bonds. The molecule has 1 heterocycles. The molecule has 20 heavy (non-hydrogen) atoms. The molecule has 0 radical (unpaired) electrons. The summed E-state index contributed by atoms with van der Waals surface area (Å²) < 4.78 is 0. The average Bonchev–Trinajstić information content (AvgIpc) is 2.44. The van der Waals surface area contributed by atoms with E-state index in [1.165, 1.54) is 0 Å². The zero-order chi connectivity index (χ0) is 14.5. The summed E-state index contributed by atoms with van der Waals surface area (Å²) in [6.07, 6.45) is 4.19. The zero-order valence-corrected chi connectivity index (χ0v) is 12.3. The third kappa shape index (κ3) is 3.81. The van der Waals surface area contributed by atoms with E-state index in [1.54, 1.807) is 18.5 Å². The van der Waals surface area contributed by atoms with E-state index < -0.39 is 0 Å². The van der Waals surface area contributed by atoms with E-state index in [4.69, 9.17) is 11.6 Å². The smallest absolute Gasteiger partial charge is 0.227 e. The highest BCUT2D eigenvalue weighted by atomic mass is 35.5. The monoisotopic (exact) mass is 288 g/mol. The van der Waals surface area contributed by atoms with Gasteiger partial charge in [-0.05, 0) is 48.7 Å². The number of rotatable bonds is 4. The van der Waals surface area contributed by atoms with Gasteiger partial charge in [0.05, 0.1) is 0 Å². The molecule has 1 aromatic heterocycles. The fraction of sp³-hybridized carbons (Fsp3) is 0.250. The molecule has 1 aromatic carbocycles. The van der Waals surface area contributed by atoms with Crippen LogP contribution in [-0.2, 0) is 11.2 Å². The van der Waals surface area contributed by atoms with Crippen LogP contribution in [0.25, 0.3) is 0 Å². The maximum absolute atomic E-state index is 12.1. The van der Waals surface area contributed by atoms with Gasteiger partial charge in [-0.2, -0.15) is 0 Å². The standard InChI is InChI=1S/C16H17ClN2O/c1-11-9-14(5-6-15(11)17)19-16(20)12(2)8-13-4-3-7-18-10-13/h3-7,9-10,12H,8H2,1-2H3,(H,19,20). The van der Waals surface area contributed by atoms with Gasteiger partial charge < -0.3 is 5.32 Å². The van der Waals surface area contributed by atoms with E-state index in [0.717, 1.165) is 16.8 Å². The molecule has 1 atom stereocenters. The van der Waals surface area contributed by atoms with Gasteiger partial charge in [-0.1, -0.05) is 24.6 Å². The summed E-state index contributed by atoms with van der Waals surface area (Å²) >= 11 is 5.97. The SMILES string of the molecule is Cc1cc(NC(=O)C(C)Cc2cccnc2)ccc1Cl. The molecule has 0 spiro atoms. The van der Waals surface area contributed by atoms with E-state index in [1.807, 2.05) is 38.1 Å². The Morgan fingerprint density at radius 3 is 2.85 bits per heavy atom.